The van der Waals surface area contributed by atoms with Gasteiger partial charge in [-0.25, -0.2) is 17.9 Å². The van der Waals surface area contributed by atoms with E-state index in [2.05, 4.69) is 4.72 Å². The van der Waals surface area contributed by atoms with E-state index in [4.69, 9.17) is 9.47 Å². The monoisotopic (exact) mass is 456 g/mol. The van der Waals surface area contributed by atoms with Gasteiger partial charge in [-0.3, -0.25) is 10.1 Å². The number of rotatable bonds is 5. The van der Waals surface area contributed by atoms with E-state index in [-0.39, 0.29) is 23.8 Å². The van der Waals surface area contributed by atoms with Crippen molar-refractivity contribution in [3.63, 3.8) is 0 Å². The number of ether oxygens (including phenoxy) is 2. The van der Waals surface area contributed by atoms with E-state index in [0.29, 0.717) is 6.42 Å². The maximum atomic E-state index is 13.0. The Morgan fingerprint density at radius 2 is 1.91 bits per heavy atom. The van der Waals surface area contributed by atoms with Gasteiger partial charge in [-0.2, -0.15) is 0 Å². The highest BCUT2D eigenvalue weighted by Crippen LogP contribution is 2.48. The summed E-state index contributed by atoms with van der Waals surface area (Å²) >= 11 is 0. The van der Waals surface area contributed by atoms with Gasteiger partial charge in [-0.1, -0.05) is 36.4 Å². The minimum absolute atomic E-state index is 0.131. The molecule has 1 spiro atoms. The van der Waals surface area contributed by atoms with E-state index in [9.17, 15) is 23.3 Å². The Labute approximate surface area is 184 Å². The molecule has 5 rings (SSSR count). The van der Waals surface area contributed by atoms with Gasteiger partial charge in [-0.15, -0.1) is 0 Å². The molecule has 2 aromatic carbocycles. The van der Waals surface area contributed by atoms with Crippen LogP contribution in [0.4, 0.5) is 5.69 Å². The third kappa shape index (κ3) is 3.40. The van der Waals surface area contributed by atoms with E-state index < -0.39 is 43.9 Å². The fraction of sp³-hybridized carbons (Fsp3) is 0.318. The van der Waals surface area contributed by atoms with Crippen molar-refractivity contribution in [2.75, 3.05) is 0 Å². The molecule has 0 aliphatic carbocycles. The lowest BCUT2D eigenvalue weighted by Crippen LogP contribution is -2.68. The second-order valence-electron chi connectivity index (χ2n) is 8.18. The molecule has 1 N–H and O–H groups in total. The Bertz CT molecular complexity index is 1200. The highest BCUT2D eigenvalue weighted by Gasteiger charge is 2.66. The van der Waals surface area contributed by atoms with Crippen LogP contribution >= 0.6 is 0 Å². The van der Waals surface area contributed by atoms with Crippen LogP contribution < -0.4 is 4.72 Å². The molecule has 0 radical (unpaired) electrons. The van der Waals surface area contributed by atoms with Gasteiger partial charge >= 0.3 is 5.97 Å². The molecule has 2 saturated heterocycles. The van der Waals surface area contributed by atoms with Crippen LogP contribution in [0.15, 0.2) is 66.7 Å². The summed E-state index contributed by atoms with van der Waals surface area (Å²) in [5.41, 5.74) is -0.409. The number of nitrogens with one attached hydrogen (secondary N) is 1. The molecule has 10 heteroatoms. The van der Waals surface area contributed by atoms with Crippen LogP contribution in [-0.4, -0.2) is 48.4 Å². The molecule has 0 amide bonds. The maximum absolute atomic E-state index is 13.0. The number of esters is 1. The SMILES string of the molecule is O=C(O[C@H]1[C@H](Cc2ccccc2)NS(=O)(=O)[C@H]2C[C@H]3C=C[C@]12O3)c1ccc([N+](=O)[O-])cc1. The number of carbonyl (C=O) groups excluding carboxylic acids is 1. The fourth-order valence-corrected chi connectivity index (χ4v) is 6.77. The van der Waals surface area contributed by atoms with Crippen LogP contribution in [0.5, 0.6) is 0 Å². The van der Waals surface area contributed by atoms with Gasteiger partial charge in [-0.05, 0) is 36.6 Å². The zero-order valence-electron chi connectivity index (χ0n) is 16.8. The average Bonchev–Trinajstić information content (AvgIpc) is 3.37. The summed E-state index contributed by atoms with van der Waals surface area (Å²) < 4.78 is 40.7. The molecule has 0 aromatic heterocycles. The number of nitro groups is 1. The molecule has 2 aromatic rings. The Kier molecular flexibility index (Phi) is 4.88. The Morgan fingerprint density at radius 1 is 1.19 bits per heavy atom. The molecular formula is C22H20N2O7S. The highest BCUT2D eigenvalue weighted by atomic mass is 32.2. The fourth-order valence-electron chi connectivity index (χ4n) is 4.78. The molecule has 5 atom stereocenters. The third-order valence-electron chi connectivity index (χ3n) is 6.22. The quantitative estimate of drug-likeness (QED) is 0.316. The van der Waals surface area contributed by atoms with Crippen molar-refractivity contribution in [2.24, 2.45) is 0 Å². The number of carbonyl (C=O) groups is 1. The van der Waals surface area contributed by atoms with E-state index in [1.807, 2.05) is 36.4 Å². The zero-order valence-corrected chi connectivity index (χ0v) is 17.6. The van der Waals surface area contributed by atoms with Crippen molar-refractivity contribution in [1.29, 1.82) is 0 Å². The van der Waals surface area contributed by atoms with E-state index in [0.717, 1.165) is 5.56 Å². The summed E-state index contributed by atoms with van der Waals surface area (Å²) in [4.78, 5) is 23.3. The molecule has 0 unspecified atom stereocenters. The molecule has 3 aliphatic rings. The van der Waals surface area contributed by atoms with Crippen molar-refractivity contribution in [1.82, 2.24) is 4.72 Å². The maximum Gasteiger partial charge on any atom is 0.338 e. The Morgan fingerprint density at radius 3 is 2.56 bits per heavy atom. The van der Waals surface area contributed by atoms with Gasteiger partial charge in [0.25, 0.3) is 5.69 Å². The van der Waals surface area contributed by atoms with Crippen LogP contribution in [-0.2, 0) is 25.9 Å². The first-order valence-corrected chi connectivity index (χ1v) is 11.7. The number of benzene rings is 2. The van der Waals surface area contributed by atoms with Crippen molar-refractivity contribution in [2.45, 2.75) is 41.9 Å². The molecule has 2 bridgehead atoms. The van der Waals surface area contributed by atoms with Crippen molar-refractivity contribution < 1.29 is 27.6 Å². The van der Waals surface area contributed by atoms with E-state index in [1.165, 1.54) is 24.3 Å². The predicted octanol–water partition coefficient (Wildman–Crippen LogP) is 2.13. The number of hydrogen-bond acceptors (Lipinski definition) is 7. The van der Waals surface area contributed by atoms with Crippen LogP contribution in [0.2, 0.25) is 0 Å². The van der Waals surface area contributed by atoms with Crippen LogP contribution in [0.1, 0.15) is 22.3 Å². The Balaban J connectivity index is 1.49. The first-order chi connectivity index (χ1) is 15.3. The zero-order chi connectivity index (χ0) is 22.5. The van der Waals surface area contributed by atoms with Gasteiger partial charge < -0.3 is 9.47 Å². The minimum atomic E-state index is -3.71. The third-order valence-corrected chi connectivity index (χ3v) is 8.16. The lowest BCUT2D eigenvalue weighted by molar-refractivity contribution is -0.384. The van der Waals surface area contributed by atoms with Gasteiger partial charge in [0.1, 0.15) is 10.9 Å². The Hall–Kier alpha value is -3.08. The van der Waals surface area contributed by atoms with Crippen molar-refractivity contribution >= 4 is 21.7 Å². The smallest absolute Gasteiger partial charge is 0.338 e. The number of nitrogens with zero attached hydrogens (tertiary/aromatic N) is 1. The number of hydrogen-bond donors (Lipinski definition) is 1. The summed E-state index contributed by atoms with van der Waals surface area (Å²) in [6, 6.07) is 13.6. The molecule has 3 heterocycles. The lowest BCUT2D eigenvalue weighted by Gasteiger charge is -2.45. The molecule has 2 fully saturated rings. The standard InChI is InChI=1S/C22H20N2O7S/c25-21(15-6-8-16(9-7-15)24(26)27)30-20-18(12-14-4-2-1-3-5-14)23-32(28,29)19-13-17-10-11-22(19,20)31-17/h1-11,17-20,23H,12-13H2/t17-,18+,19+,20+,22-/m1/s1. The summed E-state index contributed by atoms with van der Waals surface area (Å²) in [7, 11) is -3.71. The number of nitro benzene ring substituents is 1. The average molecular weight is 456 g/mol. The van der Waals surface area contributed by atoms with Gasteiger partial charge in [0.15, 0.2) is 6.10 Å². The molecule has 9 nitrogen and oxygen atoms in total. The summed E-state index contributed by atoms with van der Waals surface area (Å²) in [6.45, 7) is 0. The molecule has 32 heavy (non-hydrogen) atoms. The van der Waals surface area contributed by atoms with Gasteiger partial charge in [0.05, 0.1) is 22.6 Å². The van der Waals surface area contributed by atoms with E-state index in [1.54, 1.807) is 6.08 Å². The molecular weight excluding hydrogens is 436 g/mol. The van der Waals surface area contributed by atoms with Crippen LogP contribution in [0.3, 0.4) is 0 Å². The van der Waals surface area contributed by atoms with Crippen LogP contribution in [0.25, 0.3) is 0 Å². The van der Waals surface area contributed by atoms with Gasteiger partial charge in [0, 0.05) is 12.1 Å². The molecule has 3 aliphatic heterocycles. The largest absolute Gasteiger partial charge is 0.454 e. The van der Waals surface area contributed by atoms with Crippen molar-refractivity contribution in [3.8, 4) is 0 Å². The minimum Gasteiger partial charge on any atom is -0.454 e. The highest BCUT2D eigenvalue weighted by molar-refractivity contribution is 7.90. The second kappa shape index (κ2) is 7.51. The number of fused-ring (bicyclic) bond motifs is 1. The first-order valence-electron chi connectivity index (χ1n) is 10.2. The predicted molar refractivity (Wildman–Crippen MR) is 113 cm³/mol. The topological polar surface area (TPSA) is 125 Å². The summed E-state index contributed by atoms with van der Waals surface area (Å²) in [5.74, 6) is -0.704. The first kappa shape index (κ1) is 20.8. The normalized spacial score (nSPS) is 31.8. The molecule has 0 saturated carbocycles. The molecule has 166 valence electrons. The second-order valence-corrected chi connectivity index (χ2v) is 10.1. The number of non-ortho nitro benzene ring substituents is 1. The van der Waals surface area contributed by atoms with E-state index >= 15 is 0 Å². The van der Waals surface area contributed by atoms with Crippen LogP contribution in [0, 0.1) is 10.1 Å². The lowest BCUT2D eigenvalue weighted by atomic mass is 9.83. The number of sulfonamides is 1. The summed E-state index contributed by atoms with van der Waals surface area (Å²) in [5, 5.41) is 10.0. The summed E-state index contributed by atoms with van der Waals surface area (Å²) in [6.07, 6.45) is 2.83. The van der Waals surface area contributed by atoms with Crippen molar-refractivity contribution in [3.05, 3.63) is 88.0 Å². The van der Waals surface area contributed by atoms with Gasteiger partial charge in [0.2, 0.25) is 10.0 Å².